The van der Waals surface area contributed by atoms with Gasteiger partial charge in [-0.25, -0.2) is 4.39 Å². The summed E-state index contributed by atoms with van der Waals surface area (Å²) in [7, 11) is 0. The predicted molar refractivity (Wildman–Crippen MR) is 124 cm³/mol. The lowest BCUT2D eigenvalue weighted by Gasteiger charge is -2.32. The lowest BCUT2D eigenvalue weighted by molar-refractivity contribution is -0.125. The zero-order chi connectivity index (χ0) is 22.8. The number of hydrogen-bond acceptors (Lipinski definition) is 5. The molecule has 1 N–H and O–H groups in total. The minimum absolute atomic E-state index is 0.0166. The van der Waals surface area contributed by atoms with Gasteiger partial charge in [0.15, 0.2) is 11.5 Å². The molecule has 0 atom stereocenters. The van der Waals surface area contributed by atoms with Crippen molar-refractivity contribution >= 4 is 17.4 Å². The van der Waals surface area contributed by atoms with Gasteiger partial charge in [0.2, 0.25) is 5.91 Å². The second-order valence-electron chi connectivity index (χ2n) is 8.41. The number of amides is 1. The van der Waals surface area contributed by atoms with Gasteiger partial charge in [-0.05, 0) is 55.2 Å². The van der Waals surface area contributed by atoms with Crippen LogP contribution >= 0.6 is 0 Å². The number of fused-ring (bicyclic) bond motifs is 1. The Morgan fingerprint density at radius 2 is 1.88 bits per heavy atom. The molecule has 7 nitrogen and oxygen atoms in total. The highest BCUT2D eigenvalue weighted by molar-refractivity contribution is 5.79. The summed E-state index contributed by atoms with van der Waals surface area (Å²) in [4.78, 5) is 14.8. The molecule has 0 radical (unpaired) electrons. The van der Waals surface area contributed by atoms with Gasteiger partial charge >= 0.3 is 0 Å². The van der Waals surface area contributed by atoms with Crippen molar-refractivity contribution in [1.82, 2.24) is 25.1 Å². The summed E-state index contributed by atoms with van der Waals surface area (Å²) in [5.74, 6) is 1.23. The quantitative estimate of drug-likeness (QED) is 0.507. The highest BCUT2D eigenvalue weighted by Crippen LogP contribution is 2.25. The summed E-state index contributed by atoms with van der Waals surface area (Å²) in [6.07, 6.45) is 1.48. The zero-order valence-electron chi connectivity index (χ0n) is 18.4. The molecular weight excluding hydrogens is 419 g/mol. The van der Waals surface area contributed by atoms with Crippen LogP contribution in [0, 0.1) is 18.7 Å². The van der Waals surface area contributed by atoms with Crippen LogP contribution in [0.15, 0.2) is 60.7 Å². The fourth-order valence-corrected chi connectivity index (χ4v) is 4.29. The third kappa shape index (κ3) is 4.41. The highest BCUT2D eigenvalue weighted by atomic mass is 19.1. The molecule has 1 aliphatic rings. The molecule has 5 rings (SSSR count). The Morgan fingerprint density at radius 1 is 1.06 bits per heavy atom. The van der Waals surface area contributed by atoms with Crippen molar-refractivity contribution in [2.75, 3.05) is 18.0 Å². The van der Waals surface area contributed by atoms with E-state index in [0.717, 1.165) is 54.3 Å². The maximum atomic E-state index is 13.3. The van der Waals surface area contributed by atoms with Gasteiger partial charge in [-0.15, -0.1) is 15.3 Å². The maximum Gasteiger partial charge on any atom is 0.223 e. The van der Waals surface area contributed by atoms with E-state index in [-0.39, 0.29) is 17.6 Å². The van der Waals surface area contributed by atoms with E-state index in [4.69, 9.17) is 5.10 Å². The van der Waals surface area contributed by atoms with Crippen LogP contribution in [0.2, 0.25) is 0 Å². The number of anilines is 1. The minimum atomic E-state index is -0.293. The average Bonchev–Trinajstić information content (AvgIpc) is 3.26. The molecule has 0 bridgehead atoms. The number of carbonyl (C=O) groups is 1. The third-order valence-electron chi connectivity index (χ3n) is 6.18. The van der Waals surface area contributed by atoms with E-state index in [0.29, 0.717) is 12.2 Å². The van der Waals surface area contributed by atoms with Crippen LogP contribution in [-0.2, 0) is 11.3 Å². The summed E-state index contributed by atoms with van der Waals surface area (Å²) < 4.78 is 15.1. The molecule has 0 saturated carbocycles. The number of aryl methyl sites for hydroxylation is 1. The number of rotatable bonds is 5. The summed E-state index contributed by atoms with van der Waals surface area (Å²) in [5, 5.41) is 16.4. The summed E-state index contributed by atoms with van der Waals surface area (Å²) in [5.41, 5.74) is 3.58. The SMILES string of the molecule is Cc1ccccc1-c1nnc2ccc(N3CCC(C(=O)NCc4cccc(F)c4)CC3)nn12. The molecule has 2 aromatic carbocycles. The molecule has 0 spiro atoms. The summed E-state index contributed by atoms with van der Waals surface area (Å²) in [6.45, 7) is 3.85. The average molecular weight is 445 g/mol. The molecule has 0 unspecified atom stereocenters. The predicted octanol–water partition coefficient (Wildman–Crippen LogP) is 3.77. The maximum absolute atomic E-state index is 13.3. The Balaban J connectivity index is 1.25. The second-order valence-corrected chi connectivity index (χ2v) is 8.41. The molecule has 2 aromatic heterocycles. The van der Waals surface area contributed by atoms with Gasteiger partial charge in [-0.3, -0.25) is 4.79 Å². The topological polar surface area (TPSA) is 75.4 Å². The Hall–Kier alpha value is -3.81. The van der Waals surface area contributed by atoms with Crippen LogP contribution in [0.5, 0.6) is 0 Å². The van der Waals surface area contributed by atoms with E-state index < -0.39 is 0 Å². The number of piperidine rings is 1. The molecule has 1 fully saturated rings. The van der Waals surface area contributed by atoms with Crippen molar-refractivity contribution in [3.63, 3.8) is 0 Å². The van der Waals surface area contributed by atoms with Crippen molar-refractivity contribution in [1.29, 1.82) is 0 Å². The van der Waals surface area contributed by atoms with Gasteiger partial charge < -0.3 is 10.2 Å². The van der Waals surface area contributed by atoms with Gasteiger partial charge in [-0.2, -0.15) is 4.52 Å². The second kappa shape index (κ2) is 8.97. The van der Waals surface area contributed by atoms with Crippen LogP contribution in [0.25, 0.3) is 17.0 Å². The first-order valence-electron chi connectivity index (χ1n) is 11.1. The molecule has 4 aromatic rings. The van der Waals surface area contributed by atoms with Crippen molar-refractivity contribution in [3.05, 3.63) is 77.6 Å². The van der Waals surface area contributed by atoms with Crippen LogP contribution in [-0.4, -0.2) is 38.8 Å². The molecule has 168 valence electrons. The Morgan fingerprint density at radius 3 is 2.67 bits per heavy atom. The fourth-order valence-electron chi connectivity index (χ4n) is 4.29. The Labute approximate surface area is 191 Å². The number of carbonyl (C=O) groups excluding carboxylic acids is 1. The number of nitrogens with zero attached hydrogens (tertiary/aromatic N) is 5. The lowest BCUT2D eigenvalue weighted by Crippen LogP contribution is -2.40. The zero-order valence-corrected chi connectivity index (χ0v) is 18.4. The van der Waals surface area contributed by atoms with E-state index in [2.05, 4.69) is 20.4 Å². The third-order valence-corrected chi connectivity index (χ3v) is 6.18. The lowest BCUT2D eigenvalue weighted by atomic mass is 9.96. The van der Waals surface area contributed by atoms with Crippen LogP contribution in [0.1, 0.15) is 24.0 Å². The van der Waals surface area contributed by atoms with Gasteiger partial charge in [0, 0.05) is 31.1 Å². The van der Waals surface area contributed by atoms with E-state index >= 15 is 0 Å². The van der Waals surface area contributed by atoms with E-state index in [9.17, 15) is 9.18 Å². The van der Waals surface area contributed by atoms with Gasteiger partial charge in [-0.1, -0.05) is 36.4 Å². The number of nitrogens with one attached hydrogen (secondary N) is 1. The highest BCUT2D eigenvalue weighted by Gasteiger charge is 2.26. The molecule has 1 amide bonds. The largest absolute Gasteiger partial charge is 0.355 e. The Kier molecular flexibility index (Phi) is 5.73. The molecule has 8 heteroatoms. The molecule has 1 saturated heterocycles. The van der Waals surface area contributed by atoms with E-state index in [1.807, 2.05) is 49.4 Å². The summed E-state index contributed by atoms with van der Waals surface area (Å²) >= 11 is 0. The van der Waals surface area contributed by atoms with Gasteiger partial charge in [0.1, 0.15) is 11.6 Å². The minimum Gasteiger partial charge on any atom is -0.355 e. The fraction of sp³-hybridized carbons (Fsp3) is 0.280. The Bertz CT molecular complexity index is 1300. The van der Waals surface area contributed by atoms with Gasteiger partial charge in [0.05, 0.1) is 0 Å². The first kappa shape index (κ1) is 21.1. The number of aromatic nitrogens is 4. The monoisotopic (exact) mass is 444 g/mol. The first-order valence-corrected chi connectivity index (χ1v) is 11.1. The molecule has 33 heavy (non-hydrogen) atoms. The van der Waals surface area contributed by atoms with Crippen molar-refractivity contribution < 1.29 is 9.18 Å². The first-order chi connectivity index (χ1) is 16.1. The molecule has 0 aliphatic carbocycles. The van der Waals surface area contributed by atoms with Crippen molar-refractivity contribution in [3.8, 4) is 11.4 Å². The standard InChI is InChI=1S/C25H25FN6O/c1-17-5-2-3-8-21(17)24-29-28-22-9-10-23(30-32(22)24)31-13-11-19(12-14-31)25(33)27-16-18-6-4-7-20(26)15-18/h2-10,15,19H,11-14,16H2,1H3,(H,27,33). The molecular formula is C25H25FN6O. The van der Waals surface area contributed by atoms with Crippen molar-refractivity contribution in [2.45, 2.75) is 26.3 Å². The molecule has 3 heterocycles. The number of halogens is 1. The van der Waals surface area contributed by atoms with Crippen LogP contribution < -0.4 is 10.2 Å². The normalized spacial score (nSPS) is 14.5. The van der Waals surface area contributed by atoms with Crippen LogP contribution in [0.4, 0.5) is 10.2 Å². The van der Waals surface area contributed by atoms with Crippen LogP contribution in [0.3, 0.4) is 0 Å². The summed E-state index contributed by atoms with van der Waals surface area (Å²) in [6, 6.07) is 18.2. The number of benzene rings is 2. The molecule has 1 aliphatic heterocycles. The number of hydrogen-bond donors (Lipinski definition) is 1. The van der Waals surface area contributed by atoms with E-state index in [1.165, 1.54) is 12.1 Å². The van der Waals surface area contributed by atoms with E-state index in [1.54, 1.807) is 10.6 Å². The van der Waals surface area contributed by atoms with Crippen molar-refractivity contribution in [2.24, 2.45) is 5.92 Å². The smallest absolute Gasteiger partial charge is 0.223 e. The van der Waals surface area contributed by atoms with Gasteiger partial charge in [0.25, 0.3) is 0 Å².